The molecule has 4 heteroatoms. The van der Waals surface area contributed by atoms with Crippen molar-refractivity contribution in [1.82, 2.24) is 5.32 Å². The topological polar surface area (TPSA) is 47.6 Å². The van der Waals surface area contributed by atoms with E-state index in [2.05, 4.69) is 5.32 Å². The summed E-state index contributed by atoms with van der Waals surface area (Å²) in [6, 6.07) is 23.0. The molecule has 27 heavy (non-hydrogen) atoms. The molecule has 1 unspecified atom stereocenters. The number of nitrogens with one attached hydrogen (secondary N) is 1. The zero-order chi connectivity index (χ0) is 19.2. The van der Waals surface area contributed by atoms with Gasteiger partial charge in [-0.3, -0.25) is 4.79 Å². The molecule has 3 aromatic carbocycles. The Bertz CT molecular complexity index is 905. The number of hydrogen-bond acceptors (Lipinski definition) is 3. The Balaban J connectivity index is 1.97. The molecular weight excluding hydrogens is 338 g/mol. The van der Waals surface area contributed by atoms with E-state index in [1.54, 1.807) is 32.4 Å². The lowest BCUT2D eigenvalue weighted by Crippen LogP contribution is -2.29. The van der Waals surface area contributed by atoms with Crippen LogP contribution in [0.3, 0.4) is 0 Å². The summed E-state index contributed by atoms with van der Waals surface area (Å²) in [7, 11) is 3.12. The zero-order valence-electron chi connectivity index (χ0n) is 15.7. The average molecular weight is 361 g/mol. The van der Waals surface area contributed by atoms with Gasteiger partial charge in [-0.05, 0) is 36.2 Å². The first-order valence-electron chi connectivity index (χ1n) is 8.76. The van der Waals surface area contributed by atoms with Gasteiger partial charge in [-0.15, -0.1) is 0 Å². The zero-order valence-corrected chi connectivity index (χ0v) is 15.7. The van der Waals surface area contributed by atoms with E-state index in [0.29, 0.717) is 17.1 Å². The van der Waals surface area contributed by atoms with Crippen molar-refractivity contribution in [3.05, 3.63) is 95.1 Å². The lowest BCUT2D eigenvalue weighted by molar-refractivity contribution is 0.0939. The molecule has 4 nitrogen and oxygen atoms in total. The summed E-state index contributed by atoms with van der Waals surface area (Å²) < 4.78 is 10.6. The number of methoxy groups -OCH3 is 2. The van der Waals surface area contributed by atoms with Crippen LogP contribution in [0.2, 0.25) is 0 Å². The van der Waals surface area contributed by atoms with Crippen LogP contribution in [0, 0.1) is 6.92 Å². The Morgan fingerprint density at radius 2 is 1.52 bits per heavy atom. The first-order chi connectivity index (χ1) is 13.1. The van der Waals surface area contributed by atoms with Gasteiger partial charge in [0, 0.05) is 0 Å². The standard InChI is InChI=1S/C23H23NO3/c1-16-9-11-18(12-10-16)22(17-7-5-4-6-8-17)24-23(25)20-15-19(26-2)13-14-21(20)27-3/h4-15,22H,1-3H3,(H,24,25). The van der Waals surface area contributed by atoms with Gasteiger partial charge < -0.3 is 14.8 Å². The highest BCUT2D eigenvalue weighted by molar-refractivity contribution is 5.97. The Hall–Kier alpha value is -3.27. The van der Waals surface area contributed by atoms with Crippen LogP contribution >= 0.6 is 0 Å². The Kier molecular flexibility index (Phi) is 5.77. The van der Waals surface area contributed by atoms with Crippen molar-refractivity contribution >= 4 is 5.91 Å². The fourth-order valence-electron chi connectivity index (χ4n) is 2.96. The maximum Gasteiger partial charge on any atom is 0.255 e. The van der Waals surface area contributed by atoms with Crippen molar-refractivity contribution in [2.75, 3.05) is 14.2 Å². The summed E-state index contributed by atoms with van der Waals surface area (Å²) in [4.78, 5) is 13.1. The Morgan fingerprint density at radius 3 is 2.15 bits per heavy atom. The maximum absolute atomic E-state index is 13.1. The molecule has 0 heterocycles. The van der Waals surface area contributed by atoms with E-state index in [1.165, 1.54) is 5.56 Å². The third kappa shape index (κ3) is 4.29. The van der Waals surface area contributed by atoms with E-state index in [0.717, 1.165) is 11.1 Å². The van der Waals surface area contributed by atoms with Crippen LogP contribution < -0.4 is 14.8 Å². The van der Waals surface area contributed by atoms with Gasteiger partial charge in [0.15, 0.2) is 0 Å². The largest absolute Gasteiger partial charge is 0.497 e. The highest BCUT2D eigenvalue weighted by Crippen LogP contribution is 2.27. The molecule has 0 aliphatic heterocycles. The highest BCUT2D eigenvalue weighted by Gasteiger charge is 2.20. The summed E-state index contributed by atoms with van der Waals surface area (Å²) >= 11 is 0. The fraction of sp³-hybridized carbons (Fsp3) is 0.174. The molecular formula is C23H23NO3. The normalized spacial score (nSPS) is 11.5. The van der Waals surface area contributed by atoms with Crippen molar-refractivity contribution in [2.24, 2.45) is 0 Å². The first kappa shape index (κ1) is 18.5. The number of ether oxygens (including phenoxy) is 2. The minimum absolute atomic E-state index is 0.222. The Morgan fingerprint density at radius 1 is 0.852 bits per heavy atom. The van der Waals surface area contributed by atoms with Crippen LogP contribution in [0.4, 0.5) is 0 Å². The quantitative estimate of drug-likeness (QED) is 0.702. The molecule has 0 spiro atoms. The highest BCUT2D eigenvalue weighted by atomic mass is 16.5. The van der Waals surface area contributed by atoms with Crippen LogP contribution in [0.25, 0.3) is 0 Å². The molecule has 0 bridgehead atoms. The van der Waals surface area contributed by atoms with E-state index < -0.39 is 0 Å². The lowest BCUT2D eigenvalue weighted by Gasteiger charge is -2.21. The van der Waals surface area contributed by atoms with Gasteiger partial charge in [0.05, 0.1) is 25.8 Å². The molecule has 0 aromatic heterocycles. The fourth-order valence-corrected chi connectivity index (χ4v) is 2.96. The van der Waals surface area contributed by atoms with Crippen LogP contribution in [0.5, 0.6) is 11.5 Å². The monoisotopic (exact) mass is 361 g/mol. The van der Waals surface area contributed by atoms with E-state index in [1.807, 2.05) is 61.5 Å². The molecule has 0 radical (unpaired) electrons. The molecule has 3 aromatic rings. The molecule has 3 rings (SSSR count). The predicted molar refractivity (Wildman–Crippen MR) is 106 cm³/mol. The summed E-state index contributed by atoms with van der Waals surface area (Å²) in [6.45, 7) is 2.04. The summed E-state index contributed by atoms with van der Waals surface area (Å²) in [6.07, 6.45) is 0. The number of aryl methyl sites for hydroxylation is 1. The van der Waals surface area contributed by atoms with E-state index in [9.17, 15) is 4.79 Å². The average Bonchev–Trinajstić information content (AvgIpc) is 2.72. The molecule has 0 saturated heterocycles. The van der Waals surface area contributed by atoms with Gasteiger partial charge in [0.2, 0.25) is 0 Å². The van der Waals surface area contributed by atoms with E-state index in [4.69, 9.17) is 9.47 Å². The molecule has 138 valence electrons. The van der Waals surface area contributed by atoms with Crippen molar-refractivity contribution in [1.29, 1.82) is 0 Å². The van der Waals surface area contributed by atoms with E-state index in [-0.39, 0.29) is 11.9 Å². The molecule has 0 aliphatic carbocycles. The van der Waals surface area contributed by atoms with Crippen LogP contribution in [-0.2, 0) is 0 Å². The summed E-state index contributed by atoms with van der Waals surface area (Å²) in [5, 5.41) is 3.14. The first-order valence-corrected chi connectivity index (χ1v) is 8.76. The molecule has 0 aliphatic rings. The number of carbonyl (C=O) groups is 1. The molecule has 1 atom stereocenters. The summed E-state index contributed by atoms with van der Waals surface area (Å²) in [5.41, 5.74) is 3.63. The van der Waals surface area contributed by atoms with Crippen molar-refractivity contribution in [2.45, 2.75) is 13.0 Å². The smallest absolute Gasteiger partial charge is 0.255 e. The van der Waals surface area contributed by atoms with Crippen molar-refractivity contribution in [3.63, 3.8) is 0 Å². The number of rotatable bonds is 6. The molecule has 0 fully saturated rings. The maximum atomic E-state index is 13.1. The molecule has 1 N–H and O–H groups in total. The van der Waals surface area contributed by atoms with E-state index >= 15 is 0 Å². The third-order valence-electron chi connectivity index (χ3n) is 4.47. The molecule has 0 saturated carbocycles. The van der Waals surface area contributed by atoms with Gasteiger partial charge in [0.1, 0.15) is 11.5 Å². The lowest BCUT2D eigenvalue weighted by atomic mass is 9.97. The van der Waals surface area contributed by atoms with Crippen LogP contribution in [-0.4, -0.2) is 20.1 Å². The number of amides is 1. The predicted octanol–water partition coefficient (Wildman–Crippen LogP) is 4.53. The number of hydrogen-bond donors (Lipinski definition) is 1. The SMILES string of the molecule is COc1ccc(OC)c(C(=O)NC(c2ccccc2)c2ccc(C)cc2)c1. The number of benzene rings is 3. The number of carbonyl (C=O) groups excluding carboxylic acids is 1. The van der Waals surface area contributed by atoms with Gasteiger partial charge in [0.25, 0.3) is 5.91 Å². The van der Waals surface area contributed by atoms with Crippen LogP contribution in [0.15, 0.2) is 72.8 Å². The minimum atomic E-state index is -0.268. The summed E-state index contributed by atoms with van der Waals surface area (Å²) in [5.74, 6) is 0.886. The van der Waals surface area contributed by atoms with Gasteiger partial charge in [-0.25, -0.2) is 0 Å². The van der Waals surface area contributed by atoms with Gasteiger partial charge in [-0.2, -0.15) is 0 Å². The Labute approximate surface area is 159 Å². The van der Waals surface area contributed by atoms with Crippen molar-refractivity contribution in [3.8, 4) is 11.5 Å². The second-order valence-electron chi connectivity index (χ2n) is 6.29. The van der Waals surface area contributed by atoms with Crippen molar-refractivity contribution < 1.29 is 14.3 Å². The van der Waals surface area contributed by atoms with Crippen LogP contribution in [0.1, 0.15) is 33.1 Å². The minimum Gasteiger partial charge on any atom is -0.497 e. The second kappa shape index (κ2) is 8.41. The van der Waals surface area contributed by atoms with Gasteiger partial charge in [-0.1, -0.05) is 60.2 Å². The second-order valence-corrected chi connectivity index (χ2v) is 6.29. The third-order valence-corrected chi connectivity index (χ3v) is 4.47. The molecule has 1 amide bonds. The van der Waals surface area contributed by atoms with Gasteiger partial charge >= 0.3 is 0 Å².